The molecule has 0 aliphatic carbocycles. The third-order valence-corrected chi connectivity index (χ3v) is 3.79. The van der Waals surface area contributed by atoms with Gasteiger partial charge >= 0.3 is 5.97 Å². The summed E-state index contributed by atoms with van der Waals surface area (Å²) in [5, 5.41) is 8.55. The highest BCUT2D eigenvalue weighted by molar-refractivity contribution is 5.85. The van der Waals surface area contributed by atoms with Gasteiger partial charge in [-0.05, 0) is 32.1 Å². The number of carbonyl (C=O) groups is 1. The van der Waals surface area contributed by atoms with E-state index in [1.807, 2.05) is 12.5 Å². The summed E-state index contributed by atoms with van der Waals surface area (Å²) < 4.78 is 2.33. The Balaban J connectivity index is 0.00000180. The first-order valence-corrected chi connectivity index (χ1v) is 7.00. The summed E-state index contributed by atoms with van der Waals surface area (Å²) in [4.78, 5) is 14.6. The molecule has 108 valence electrons. The highest BCUT2D eigenvalue weighted by Gasteiger charge is 2.18. The number of imidazole rings is 1. The molecule has 5 heteroatoms. The number of aryl methyl sites for hydroxylation is 1. The fraction of sp³-hybridized carbons (Fsp3) is 0.714. The molecule has 1 aliphatic rings. The number of halogens is 1. The highest BCUT2D eigenvalue weighted by Crippen LogP contribution is 2.28. The largest absolute Gasteiger partial charge is 0.481 e. The van der Waals surface area contributed by atoms with Gasteiger partial charge in [0.1, 0.15) is 0 Å². The third-order valence-electron chi connectivity index (χ3n) is 3.79. The molecule has 0 fully saturated rings. The van der Waals surface area contributed by atoms with E-state index in [1.54, 1.807) is 0 Å². The molecule has 4 nitrogen and oxygen atoms in total. The molecule has 1 N–H and O–H groups in total. The molecule has 0 saturated heterocycles. The van der Waals surface area contributed by atoms with E-state index >= 15 is 0 Å². The molecule has 19 heavy (non-hydrogen) atoms. The number of nitrogens with zero attached hydrogens (tertiary/aromatic N) is 2. The molecular formula is C14H23ClN2O2. The van der Waals surface area contributed by atoms with Crippen molar-refractivity contribution in [2.45, 2.75) is 63.8 Å². The van der Waals surface area contributed by atoms with Crippen LogP contribution in [0.4, 0.5) is 0 Å². The molecule has 0 aromatic carbocycles. The van der Waals surface area contributed by atoms with Crippen LogP contribution in [0.25, 0.3) is 0 Å². The van der Waals surface area contributed by atoms with Gasteiger partial charge in [0, 0.05) is 24.4 Å². The van der Waals surface area contributed by atoms with E-state index in [1.165, 1.54) is 31.4 Å². The second-order valence-corrected chi connectivity index (χ2v) is 5.18. The van der Waals surface area contributed by atoms with Crippen molar-refractivity contribution in [3.8, 4) is 0 Å². The van der Waals surface area contributed by atoms with Gasteiger partial charge in [0.15, 0.2) is 0 Å². The van der Waals surface area contributed by atoms with E-state index in [-0.39, 0.29) is 12.4 Å². The molecule has 1 atom stereocenters. The van der Waals surface area contributed by atoms with E-state index in [4.69, 9.17) is 5.11 Å². The van der Waals surface area contributed by atoms with Crippen LogP contribution in [-0.2, 0) is 11.2 Å². The quantitative estimate of drug-likeness (QED) is 0.779. The molecule has 1 unspecified atom stereocenters. The normalized spacial score (nSPS) is 17.6. The summed E-state index contributed by atoms with van der Waals surface area (Å²) in [6, 6.07) is 0.621. The van der Waals surface area contributed by atoms with Gasteiger partial charge in [0.2, 0.25) is 0 Å². The Morgan fingerprint density at radius 1 is 1.37 bits per heavy atom. The number of hydrogen-bond donors (Lipinski definition) is 1. The maximum atomic E-state index is 10.4. The van der Waals surface area contributed by atoms with Crippen molar-refractivity contribution in [3.63, 3.8) is 0 Å². The summed E-state index contributed by atoms with van der Waals surface area (Å²) in [5.41, 5.74) is 1.37. The molecule has 0 saturated carbocycles. The number of aromatic nitrogens is 2. The van der Waals surface area contributed by atoms with Crippen molar-refractivity contribution in [2.24, 2.45) is 0 Å². The number of carboxylic acid groups (broad SMARTS) is 1. The average Bonchev–Trinajstić information content (AvgIpc) is 2.82. The summed E-state index contributed by atoms with van der Waals surface area (Å²) in [5.74, 6) is -0.676. The van der Waals surface area contributed by atoms with Crippen LogP contribution < -0.4 is 0 Å². The molecular weight excluding hydrogens is 264 g/mol. The van der Waals surface area contributed by atoms with Crippen molar-refractivity contribution < 1.29 is 9.90 Å². The van der Waals surface area contributed by atoms with E-state index in [9.17, 15) is 4.79 Å². The number of rotatable bonds is 7. The first-order valence-electron chi connectivity index (χ1n) is 7.00. The Bertz CT molecular complexity index is 393. The molecule has 0 amide bonds. The zero-order valence-corrected chi connectivity index (χ0v) is 12.1. The standard InChI is InChI=1S/C14H22N2O2.ClH/c17-14(18)9-4-2-1-3-6-12-7-5-8-13-10-15-11-16(12)13;/h10-12H,1-9H2,(H,17,18);1H. The van der Waals surface area contributed by atoms with Crippen molar-refractivity contribution in [1.29, 1.82) is 0 Å². The average molecular weight is 287 g/mol. The Morgan fingerprint density at radius 3 is 2.95 bits per heavy atom. The summed E-state index contributed by atoms with van der Waals surface area (Å²) in [6.07, 6.45) is 13.4. The van der Waals surface area contributed by atoms with Crippen molar-refractivity contribution in [3.05, 3.63) is 18.2 Å². The molecule has 0 radical (unpaired) electrons. The van der Waals surface area contributed by atoms with Crippen LogP contribution in [0.2, 0.25) is 0 Å². The maximum absolute atomic E-state index is 10.4. The minimum absolute atomic E-state index is 0. The van der Waals surface area contributed by atoms with Gasteiger partial charge in [-0.2, -0.15) is 0 Å². The Hall–Kier alpha value is -1.03. The first kappa shape index (κ1) is 16.0. The van der Waals surface area contributed by atoms with E-state index in [2.05, 4.69) is 9.55 Å². The van der Waals surface area contributed by atoms with Crippen molar-refractivity contribution in [1.82, 2.24) is 9.55 Å². The number of fused-ring (bicyclic) bond motifs is 1. The lowest BCUT2D eigenvalue weighted by molar-refractivity contribution is -0.137. The second-order valence-electron chi connectivity index (χ2n) is 5.18. The SMILES string of the molecule is Cl.O=C(O)CCCCCCC1CCCc2cncn21. The third kappa shape index (κ3) is 4.86. The minimum Gasteiger partial charge on any atom is -0.481 e. The van der Waals surface area contributed by atoms with Crippen LogP contribution in [0.1, 0.15) is 63.1 Å². The zero-order chi connectivity index (χ0) is 12.8. The van der Waals surface area contributed by atoms with E-state index in [0.717, 1.165) is 25.7 Å². The second kappa shape index (κ2) is 8.20. The lowest BCUT2D eigenvalue weighted by Crippen LogP contribution is -2.16. The van der Waals surface area contributed by atoms with Crippen LogP contribution in [0.5, 0.6) is 0 Å². The number of carboxylic acids is 1. The number of hydrogen-bond acceptors (Lipinski definition) is 2. The van der Waals surface area contributed by atoms with Crippen LogP contribution in [0.15, 0.2) is 12.5 Å². The lowest BCUT2D eigenvalue weighted by atomic mass is 9.97. The molecule has 0 spiro atoms. The van der Waals surface area contributed by atoms with Crippen molar-refractivity contribution in [2.75, 3.05) is 0 Å². The monoisotopic (exact) mass is 286 g/mol. The number of unbranched alkanes of at least 4 members (excludes halogenated alkanes) is 3. The van der Waals surface area contributed by atoms with Gasteiger partial charge in [0.05, 0.1) is 6.33 Å². The van der Waals surface area contributed by atoms with Crippen molar-refractivity contribution >= 4 is 18.4 Å². The smallest absolute Gasteiger partial charge is 0.303 e. The fourth-order valence-corrected chi connectivity index (χ4v) is 2.81. The molecule has 1 aliphatic heterocycles. The topological polar surface area (TPSA) is 55.1 Å². The Morgan fingerprint density at radius 2 is 2.16 bits per heavy atom. The van der Waals surface area contributed by atoms with Gasteiger partial charge in [-0.3, -0.25) is 4.79 Å². The summed E-state index contributed by atoms with van der Waals surface area (Å²) in [6.45, 7) is 0. The first-order chi connectivity index (χ1) is 8.77. The van der Waals surface area contributed by atoms with E-state index in [0.29, 0.717) is 12.5 Å². The van der Waals surface area contributed by atoms with Crippen LogP contribution in [0.3, 0.4) is 0 Å². The molecule has 1 aromatic rings. The summed E-state index contributed by atoms with van der Waals surface area (Å²) in [7, 11) is 0. The Kier molecular flexibility index (Phi) is 6.92. The Labute approximate surface area is 120 Å². The molecule has 2 rings (SSSR count). The minimum atomic E-state index is -0.676. The van der Waals surface area contributed by atoms with Gasteiger partial charge in [-0.25, -0.2) is 4.98 Å². The van der Waals surface area contributed by atoms with Gasteiger partial charge in [-0.1, -0.05) is 19.3 Å². The molecule has 1 aromatic heterocycles. The predicted molar refractivity (Wildman–Crippen MR) is 76.8 cm³/mol. The molecule has 0 bridgehead atoms. The fourth-order valence-electron chi connectivity index (χ4n) is 2.81. The van der Waals surface area contributed by atoms with Gasteiger partial charge < -0.3 is 9.67 Å². The van der Waals surface area contributed by atoms with Crippen LogP contribution >= 0.6 is 12.4 Å². The number of aliphatic carboxylic acids is 1. The maximum Gasteiger partial charge on any atom is 0.303 e. The highest BCUT2D eigenvalue weighted by atomic mass is 35.5. The van der Waals surface area contributed by atoms with E-state index < -0.39 is 5.97 Å². The van der Waals surface area contributed by atoms with Crippen LogP contribution in [0, 0.1) is 0 Å². The predicted octanol–water partition coefficient (Wildman–Crippen LogP) is 3.61. The van der Waals surface area contributed by atoms with Crippen LogP contribution in [-0.4, -0.2) is 20.6 Å². The lowest BCUT2D eigenvalue weighted by Gasteiger charge is -2.25. The van der Waals surface area contributed by atoms with Gasteiger partial charge in [-0.15, -0.1) is 12.4 Å². The zero-order valence-electron chi connectivity index (χ0n) is 11.3. The van der Waals surface area contributed by atoms with Gasteiger partial charge in [0.25, 0.3) is 0 Å². The summed E-state index contributed by atoms with van der Waals surface area (Å²) >= 11 is 0. The molecule has 2 heterocycles.